The maximum absolute atomic E-state index is 6.06. The van der Waals surface area contributed by atoms with Crippen LogP contribution in [0.15, 0.2) is 4.99 Å². The average Bonchev–Trinajstić information content (AvgIpc) is 2.93. The van der Waals surface area contributed by atoms with Gasteiger partial charge in [-0.05, 0) is 33.6 Å². The normalized spacial score (nSPS) is 20.6. The van der Waals surface area contributed by atoms with E-state index in [0.29, 0.717) is 6.10 Å². The highest BCUT2D eigenvalue weighted by Crippen LogP contribution is 2.19. The molecule has 1 aliphatic heterocycles. The number of ether oxygens (including phenoxy) is 2. The molecule has 0 aromatic heterocycles. The maximum atomic E-state index is 6.06. The van der Waals surface area contributed by atoms with E-state index >= 15 is 0 Å². The van der Waals surface area contributed by atoms with Crippen LogP contribution in [0.2, 0.25) is 0 Å². The van der Waals surface area contributed by atoms with Gasteiger partial charge in [-0.3, -0.25) is 9.89 Å². The van der Waals surface area contributed by atoms with Crippen molar-refractivity contribution >= 4 is 29.9 Å². The zero-order chi connectivity index (χ0) is 18.7. The van der Waals surface area contributed by atoms with Gasteiger partial charge >= 0.3 is 0 Å². The highest BCUT2D eigenvalue weighted by molar-refractivity contribution is 14.0. The summed E-state index contributed by atoms with van der Waals surface area (Å²) in [4.78, 5) is 7.29. The lowest BCUT2D eigenvalue weighted by molar-refractivity contribution is -0.00684. The molecule has 7 heteroatoms. The second-order valence-electron chi connectivity index (χ2n) is 8.02. The fourth-order valence-electron chi connectivity index (χ4n) is 3.69. The summed E-state index contributed by atoms with van der Waals surface area (Å²) in [6.07, 6.45) is 8.28. The fourth-order valence-corrected chi connectivity index (χ4v) is 3.69. The van der Waals surface area contributed by atoms with Gasteiger partial charge in [0.15, 0.2) is 5.96 Å². The standard InChI is InChI=1S/C20H40N4O2.HI/c1-4-21-19(22-11-14-26-18-9-7-5-6-8-10-18)23-17-20(2,3)24-12-15-25-16-13-24;/h18H,4-17H2,1-3H3,(H2,21,22,23);1H. The molecule has 0 spiro atoms. The number of guanidine groups is 1. The number of halogens is 1. The zero-order valence-electron chi connectivity index (χ0n) is 17.6. The van der Waals surface area contributed by atoms with Crippen LogP contribution in [0.3, 0.4) is 0 Å². The maximum Gasteiger partial charge on any atom is 0.191 e. The van der Waals surface area contributed by atoms with Crippen LogP contribution in [0, 0.1) is 0 Å². The molecule has 6 nitrogen and oxygen atoms in total. The summed E-state index contributed by atoms with van der Waals surface area (Å²) in [5.41, 5.74) is 0.0446. The number of nitrogens with zero attached hydrogens (tertiary/aromatic N) is 2. The van der Waals surface area contributed by atoms with Crippen LogP contribution in [0.25, 0.3) is 0 Å². The predicted molar refractivity (Wildman–Crippen MR) is 123 cm³/mol. The molecule has 1 saturated carbocycles. The molecular weight excluding hydrogens is 455 g/mol. The molecule has 0 aromatic carbocycles. The van der Waals surface area contributed by atoms with Crippen molar-refractivity contribution < 1.29 is 9.47 Å². The number of hydrogen-bond donors (Lipinski definition) is 2. The Labute approximate surface area is 183 Å². The van der Waals surface area contributed by atoms with Gasteiger partial charge in [0, 0.05) is 31.7 Å². The first-order valence-electron chi connectivity index (χ1n) is 10.6. The molecule has 0 aromatic rings. The molecule has 27 heavy (non-hydrogen) atoms. The molecule has 1 saturated heterocycles. The monoisotopic (exact) mass is 496 g/mol. The number of aliphatic imine (C=N–C) groups is 1. The van der Waals surface area contributed by atoms with Crippen LogP contribution >= 0.6 is 24.0 Å². The molecule has 2 N–H and O–H groups in total. The Morgan fingerprint density at radius 1 is 1.11 bits per heavy atom. The van der Waals surface area contributed by atoms with Crippen molar-refractivity contribution in [2.45, 2.75) is 70.9 Å². The van der Waals surface area contributed by atoms with E-state index in [4.69, 9.17) is 14.5 Å². The molecule has 2 fully saturated rings. The van der Waals surface area contributed by atoms with Crippen molar-refractivity contribution in [3.05, 3.63) is 0 Å². The summed E-state index contributed by atoms with van der Waals surface area (Å²) in [5, 5.41) is 6.77. The molecule has 0 radical (unpaired) electrons. The first-order chi connectivity index (χ1) is 12.6. The zero-order valence-corrected chi connectivity index (χ0v) is 19.9. The summed E-state index contributed by atoms with van der Waals surface area (Å²) in [6.45, 7) is 13.5. The van der Waals surface area contributed by atoms with Crippen molar-refractivity contribution in [2.24, 2.45) is 4.99 Å². The Bertz CT molecular complexity index is 407. The minimum absolute atomic E-state index is 0. The van der Waals surface area contributed by atoms with E-state index in [2.05, 4.69) is 36.3 Å². The summed E-state index contributed by atoms with van der Waals surface area (Å²) in [5.74, 6) is 0.887. The number of nitrogens with one attached hydrogen (secondary N) is 2. The second-order valence-corrected chi connectivity index (χ2v) is 8.02. The SMILES string of the molecule is CCNC(=NCC(C)(C)N1CCOCC1)NCCOC1CCCCCC1.I. The van der Waals surface area contributed by atoms with E-state index in [9.17, 15) is 0 Å². The number of rotatable bonds is 8. The van der Waals surface area contributed by atoms with E-state index in [0.717, 1.165) is 58.5 Å². The van der Waals surface area contributed by atoms with Gasteiger partial charge in [0.25, 0.3) is 0 Å². The third-order valence-electron chi connectivity index (χ3n) is 5.39. The highest BCUT2D eigenvalue weighted by Gasteiger charge is 2.28. The molecule has 0 amide bonds. The minimum Gasteiger partial charge on any atom is -0.379 e. The van der Waals surface area contributed by atoms with Gasteiger partial charge < -0.3 is 20.1 Å². The predicted octanol–water partition coefficient (Wildman–Crippen LogP) is 3.01. The number of hydrogen-bond acceptors (Lipinski definition) is 4. The fraction of sp³-hybridized carbons (Fsp3) is 0.950. The Balaban J connectivity index is 0.00000364. The first-order valence-corrected chi connectivity index (χ1v) is 10.6. The molecule has 1 aliphatic carbocycles. The van der Waals surface area contributed by atoms with Crippen LogP contribution in [0.1, 0.15) is 59.3 Å². The van der Waals surface area contributed by atoms with Crippen LogP contribution in [0.4, 0.5) is 0 Å². The summed E-state index contributed by atoms with van der Waals surface area (Å²) in [7, 11) is 0. The molecule has 1 heterocycles. The summed E-state index contributed by atoms with van der Waals surface area (Å²) < 4.78 is 11.5. The Kier molecular flexibility index (Phi) is 12.9. The minimum atomic E-state index is 0. The molecule has 2 aliphatic rings. The molecule has 0 atom stereocenters. The third kappa shape index (κ3) is 9.76. The van der Waals surface area contributed by atoms with Crippen molar-refractivity contribution in [3.8, 4) is 0 Å². The average molecular weight is 496 g/mol. The van der Waals surface area contributed by atoms with Crippen LogP contribution in [0.5, 0.6) is 0 Å². The Hall–Kier alpha value is -0.120. The Morgan fingerprint density at radius 3 is 2.41 bits per heavy atom. The second kappa shape index (κ2) is 14.0. The first kappa shape index (κ1) is 24.9. The molecule has 0 unspecified atom stereocenters. The van der Waals surface area contributed by atoms with E-state index in [1.807, 2.05) is 0 Å². The van der Waals surface area contributed by atoms with E-state index in [-0.39, 0.29) is 29.5 Å². The van der Waals surface area contributed by atoms with Crippen LogP contribution in [-0.2, 0) is 9.47 Å². The van der Waals surface area contributed by atoms with Crippen molar-refractivity contribution in [1.82, 2.24) is 15.5 Å². The largest absolute Gasteiger partial charge is 0.379 e. The van der Waals surface area contributed by atoms with Gasteiger partial charge in [-0.15, -0.1) is 24.0 Å². The topological polar surface area (TPSA) is 58.1 Å². The molecule has 0 bridgehead atoms. The lowest BCUT2D eigenvalue weighted by Gasteiger charge is -2.39. The van der Waals surface area contributed by atoms with Crippen molar-refractivity contribution in [3.63, 3.8) is 0 Å². The van der Waals surface area contributed by atoms with Crippen molar-refractivity contribution in [1.29, 1.82) is 0 Å². The van der Waals surface area contributed by atoms with Crippen LogP contribution in [-0.4, -0.2) is 75.0 Å². The third-order valence-corrected chi connectivity index (χ3v) is 5.39. The lowest BCUT2D eigenvalue weighted by Crippen LogP contribution is -2.52. The van der Waals surface area contributed by atoms with Gasteiger partial charge in [-0.2, -0.15) is 0 Å². The Morgan fingerprint density at radius 2 is 1.78 bits per heavy atom. The van der Waals surface area contributed by atoms with Crippen LogP contribution < -0.4 is 10.6 Å². The van der Waals surface area contributed by atoms with E-state index in [1.165, 1.54) is 38.5 Å². The summed E-state index contributed by atoms with van der Waals surface area (Å²) in [6, 6.07) is 0. The summed E-state index contributed by atoms with van der Waals surface area (Å²) >= 11 is 0. The van der Waals surface area contributed by atoms with E-state index < -0.39 is 0 Å². The van der Waals surface area contributed by atoms with Gasteiger partial charge in [-0.25, -0.2) is 0 Å². The van der Waals surface area contributed by atoms with Gasteiger partial charge in [0.1, 0.15) is 0 Å². The van der Waals surface area contributed by atoms with Gasteiger partial charge in [0.05, 0.1) is 32.5 Å². The van der Waals surface area contributed by atoms with Gasteiger partial charge in [-0.1, -0.05) is 25.7 Å². The van der Waals surface area contributed by atoms with Gasteiger partial charge in [0.2, 0.25) is 0 Å². The molecule has 2 rings (SSSR count). The van der Waals surface area contributed by atoms with Crippen molar-refractivity contribution in [2.75, 3.05) is 52.5 Å². The molecule has 160 valence electrons. The highest BCUT2D eigenvalue weighted by atomic mass is 127. The molecular formula is C20H41IN4O2. The smallest absolute Gasteiger partial charge is 0.191 e. The van der Waals surface area contributed by atoms with E-state index in [1.54, 1.807) is 0 Å². The lowest BCUT2D eigenvalue weighted by atomic mass is 10.0. The quantitative estimate of drug-likeness (QED) is 0.178. The number of morpholine rings is 1.